The van der Waals surface area contributed by atoms with Crippen LogP contribution in [0.15, 0.2) is 24.3 Å². The zero-order valence-corrected chi connectivity index (χ0v) is 15.2. The lowest BCUT2D eigenvalue weighted by molar-refractivity contribution is 0.0954. The molecule has 0 aliphatic rings. The van der Waals surface area contributed by atoms with Crippen molar-refractivity contribution in [2.24, 2.45) is 0 Å². The van der Waals surface area contributed by atoms with Crippen molar-refractivity contribution >= 4 is 28.3 Å². The van der Waals surface area contributed by atoms with Gasteiger partial charge in [-0.3, -0.25) is 4.79 Å². The van der Waals surface area contributed by atoms with Gasteiger partial charge in [-0.15, -0.1) is 12.4 Å². The predicted octanol–water partition coefficient (Wildman–Crippen LogP) is 1.28. The molecule has 1 amide bonds. The van der Waals surface area contributed by atoms with Crippen LogP contribution in [0.1, 0.15) is 36.2 Å². The van der Waals surface area contributed by atoms with Gasteiger partial charge in [-0.25, -0.2) is 13.1 Å². The Labute approximate surface area is 144 Å². The van der Waals surface area contributed by atoms with Crippen LogP contribution in [0, 0.1) is 0 Å². The Morgan fingerprint density at radius 2 is 1.70 bits per heavy atom. The Balaban J connectivity index is 0.00000484. The molecular formula is C15H26ClN3O3S. The fourth-order valence-electron chi connectivity index (χ4n) is 1.74. The van der Waals surface area contributed by atoms with Crippen molar-refractivity contribution in [1.29, 1.82) is 0 Å². The largest absolute Gasteiger partial charge is 0.351 e. The average molecular weight is 364 g/mol. The lowest BCUT2D eigenvalue weighted by atomic mass is 10.1. The lowest BCUT2D eigenvalue weighted by Crippen LogP contribution is -2.32. The third-order valence-corrected chi connectivity index (χ3v) is 4.45. The van der Waals surface area contributed by atoms with Gasteiger partial charge >= 0.3 is 0 Å². The van der Waals surface area contributed by atoms with Gasteiger partial charge in [0.05, 0.1) is 5.75 Å². The quantitative estimate of drug-likeness (QED) is 0.546. The number of rotatable bonds is 10. The molecule has 6 nitrogen and oxygen atoms in total. The van der Waals surface area contributed by atoms with Crippen molar-refractivity contribution in [2.45, 2.75) is 26.8 Å². The van der Waals surface area contributed by atoms with Crippen LogP contribution in [0.2, 0.25) is 0 Å². The van der Waals surface area contributed by atoms with Gasteiger partial charge < -0.3 is 10.6 Å². The SMILES string of the molecule is CCCNCCNC(=O)c1ccc(CNS(=O)(=O)CC)cc1.Cl. The molecule has 0 aromatic heterocycles. The Kier molecular flexibility index (Phi) is 10.8. The van der Waals surface area contributed by atoms with E-state index in [1.165, 1.54) is 0 Å². The zero-order valence-electron chi connectivity index (χ0n) is 13.6. The van der Waals surface area contributed by atoms with Crippen molar-refractivity contribution in [1.82, 2.24) is 15.4 Å². The molecular weight excluding hydrogens is 338 g/mol. The third kappa shape index (κ3) is 8.90. The molecule has 0 atom stereocenters. The van der Waals surface area contributed by atoms with E-state index in [4.69, 9.17) is 0 Å². The first kappa shape index (κ1) is 21.9. The fraction of sp³-hybridized carbons (Fsp3) is 0.533. The second-order valence-corrected chi connectivity index (χ2v) is 7.02. The highest BCUT2D eigenvalue weighted by atomic mass is 35.5. The summed E-state index contributed by atoms with van der Waals surface area (Å²) in [6, 6.07) is 6.90. The fourth-order valence-corrected chi connectivity index (χ4v) is 2.33. The van der Waals surface area contributed by atoms with Crippen LogP contribution in [-0.4, -0.2) is 39.7 Å². The molecule has 8 heteroatoms. The van der Waals surface area contributed by atoms with E-state index in [0.717, 1.165) is 25.1 Å². The van der Waals surface area contributed by atoms with Crippen molar-refractivity contribution in [3.8, 4) is 0 Å². The van der Waals surface area contributed by atoms with Crippen molar-refractivity contribution in [2.75, 3.05) is 25.4 Å². The average Bonchev–Trinajstić information content (AvgIpc) is 2.53. The molecule has 1 aromatic carbocycles. The Morgan fingerprint density at radius 1 is 1.04 bits per heavy atom. The molecule has 0 unspecified atom stereocenters. The van der Waals surface area contributed by atoms with Crippen molar-refractivity contribution < 1.29 is 13.2 Å². The minimum atomic E-state index is -3.20. The molecule has 0 fully saturated rings. The Bertz CT molecular complexity index is 562. The number of hydrogen-bond donors (Lipinski definition) is 3. The molecule has 0 aliphatic carbocycles. The molecule has 0 radical (unpaired) electrons. The number of carbonyl (C=O) groups is 1. The zero-order chi connectivity index (χ0) is 16.4. The smallest absolute Gasteiger partial charge is 0.251 e. The van der Waals surface area contributed by atoms with Crippen LogP contribution in [0.5, 0.6) is 0 Å². The first-order valence-corrected chi connectivity index (χ1v) is 9.19. The van der Waals surface area contributed by atoms with E-state index >= 15 is 0 Å². The minimum Gasteiger partial charge on any atom is -0.351 e. The van der Waals surface area contributed by atoms with E-state index in [-0.39, 0.29) is 30.6 Å². The van der Waals surface area contributed by atoms with Gasteiger partial charge in [-0.05, 0) is 37.6 Å². The van der Waals surface area contributed by atoms with Gasteiger partial charge in [0.25, 0.3) is 5.91 Å². The number of amides is 1. The van der Waals surface area contributed by atoms with Gasteiger partial charge in [0.2, 0.25) is 10.0 Å². The van der Waals surface area contributed by atoms with Gasteiger partial charge in [-0.1, -0.05) is 19.1 Å². The summed E-state index contributed by atoms with van der Waals surface area (Å²) in [5.41, 5.74) is 1.38. The second kappa shape index (κ2) is 11.4. The Morgan fingerprint density at radius 3 is 2.26 bits per heavy atom. The molecule has 0 saturated heterocycles. The lowest BCUT2D eigenvalue weighted by Gasteiger charge is -2.08. The number of hydrogen-bond acceptors (Lipinski definition) is 4. The van der Waals surface area contributed by atoms with E-state index in [0.29, 0.717) is 12.1 Å². The van der Waals surface area contributed by atoms with Crippen molar-refractivity contribution in [3.63, 3.8) is 0 Å². The first-order chi connectivity index (χ1) is 10.5. The van der Waals surface area contributed by atoms with E-state index in [1.54, 1.807) is 31.2 Å². The number of nitrogens with one attached hydrogen (secondary N) is 3. The second-order valence-electron chi connectivity index (χ2n) is 4.93. The van der Waals surface area contributed by atoms with Gasteiger partial charge in [-0.2, -0.15) is 0 Å². The predicted molar refractivity (Wildman–Crippen MR) is 95.5 cm³/mol. The normalized spacial score (nSPS) is 10.9. The van der Waals surface area contributed by atoms with Gasteiger partial charge in [0, 0.05) is 25.2 Å². The molecule has 0 bridgehead atoms. The molecule has 0 spiro atoms. The summed E-state index contributed by atoms with van der Waals surface area (Å²) in [7, 11) is -3.20. The van der Waals surface area contributed by atoms with Crippen LogP contribution < -0.4 is 15.4 Å². The van der Waals surface area contributed by atoms with Crippen LogP contribution in [0.4, 0.5) is 0 Å². The molecule has 1 aromatic rings. The summed E-state index contributed by atoms with van der Waals surface area (Å²) in [5.74, 6) is -0.0708. The molecule has 1 rings (SSSR count). The summed E-state index contributed by atoms with van der Waals surface area (Å²) in [6.45, 7) is 6.18. The highest BCUT2D eigenvalue weighted by molar-refractivity contribution is 7.89. The summed E-state index contributed by atoms with van der Waals surface area (Å²) >= 11 is 0. The maximum Gasteiger partial charge on any atom is 0.251 e. The molecule has 0 saturated carbocycles. The number of sulfonamides is 1. The minimum absolute atomic E-state index is 0. The summed E-state index contributed by atoms with van der Waals surface area (Å²) in [5, 5.41) is 6.04. The van der Waals surface area contributed by atoms with Crippen LogP contribution >= 0.6 is 12.4 Å². The molecule has 132 valence electrons. The van der Waals surface area contributed by atoms with Crippen LogP contribution in [0.25, 0.3) is 0 Å². The topological polar surface area (TPSA) is 87.3 Å². The third-order valence-electron chi connectivity index (χ3n) is 3.11. The standard InChI is InChI=1S/C15H25N3O3S.ClH/c1-3-9-16-10-11-17-15(19)14-7-5-13(6-8-14)12-18-22(20,21)4-2;/h5-8,16,18H,3-4,9-12H2,1-2H3,(H,17,19);1H. The number of carbonyl (C=O) groups excluding carboxylic acids is 1. The Hall–Kier alpha value is -1.15. The summed E-state index contributed by atoms with van der Waals surface area (Å²) in [4.78, 5) is 11.9. The molecule has 23 heavy (non-hydrogen) atoms. The number of benzene rings is 1. The monoisotopic (exact) mass is 363 g/mol. The van der Waals surface area contributed by atoms with E-state index in [9.17, 15) is 13.2 Å². The highest BCUT2D eigenvalue weighted by Gasteiger charge is 2.07. The maximum atomic E-state index is 11.9. The van der Waals surface area contributed by atoms with E-state index in [2.05, 4.69) is 22.3 Å². The van der Waals surface area contributed by atoms with Crippen LogP contribution in [0.3, 0.4) is 0 Å². The summed E-state index contributed by atoms with van der Waals surface area (Å²) < 4.78 is 25.2. The van der Waals surface area contributed by atoms with E-state index in [1.807, 2.05) is 0 Å². The van der Waals surface area contributed by atoms with Gasteiger partial charge in [0.15, 0.2) is 0 Å². The van der Waals surface area contributed by atoms with Crippen LogP contribution in [-0.2, 0) is 16.6 Å². The maximum absolute atomic E-state index is 11.9. The first-order valence-electron chi connectivity index (χ1n) is 7.53. The molecule has 0 heterocycles. The molecule has 0 aliphatic heterocycles. The highest BCUT2D eigenvalue weighted by Crippen LogP contribution is 2.05. The van der Waals surface area contributed by atoms with E-state index < -0.39 is 10.0 Å². The van der Waals surface area contributed by atoms with Gasteiger partial charge in [0.1, 0.15) is 0 Å². The summed E-state index contributed by atoms with van der Waals surface area (Å²) in [6.07, 6.45) is 1.07. The molecule has 3 N–H and O–H groups in total. The number of halogens is 1. The van der Waals surface area contributed by atoms with Crippen molar-refractivity contribution in [3.05, 3.63) is 35.4 Å².